The number of aromatic nitrogens is 2. The first-order chi connectivity index (χ1) is 7.79. The summed E-state index contributed by atoms with van der Waals surface area (Å²) in [6, 6.07) is 6.26. The first kappa shape index (κ1) is 11.1. The van der Waals surface area contributed by atoms with Crippen LogP contribution in [0, 0.1) is 5.82 Å². The predicted molar refractivity (Wildman–Crippen MR) is 62.6 cm³/mol. The molecule has 84 valence electrons. The first-order valence-corrected chi connectivity index (χ1v) is 5.68. The molecule has 4 heteroatoms. The van der Waals surface area contributed by atoms with Crippen LogP contribution in [0.15, 0.2) is 36.7 Å². The minimum Gasteiger partial charge on any atom is -0.241 e. The fourth-order valence-corrected chi connectivity index (χ4v) is 1.63. The topological polar surface area (TPSA) is 17.8 Å². The molecular formula is C12H12ClFN2. The molecular weight excluding hydrogens is 227 g/mol. The molecule has 1 aromatic carbocycles. The van der Waals surface area contributed by atoms with E-state index in [1.807, 2.05) is 12.4 Å². The molecule has 2 rings (SSSR count). The number of hydrogen-bond donors (Lipinski definition) is 0. The van der Waals surface area contributed by atoms with Crippen molar-refractivity contribution in [1.82, 2.24) is 9.78 Å². The van der Waals surface area contributed by atoms with Gasteiger partial charge in [0.1, 0.15) is 5.82 Å². The summed E-state index contributed by atoms with van der Waals surface area (Å²) >= 11 is 5.62. The maximum atomic E-state index is 12.7. The summed E-state index contributed by atoms with van der Waals surface area (Å²) in [5.41, 5.74) is 2.00. The van der Waals surface area contributed by atoms with Crippen molar-refractivity contribution in [3.8, 4) is 5.69 Å². The molecule has 0 aliphatic carbocycles. The predicted octanol–water partition coefficient (Wildman–Crippen LogP) is 3.18. The van der Waals surface area contributed by atoms with E-state index in [0.717, 1.165) is 24.1 Å². The van der Waals surface area contributed by atoms with Gasteiger partial charge in [0.15, 0.2) is 0 Å². The second kappa shape index (κ2) is 5.12. The summed E-state index contributed by atoms with van der Waals surface area (Å²) < 4.78 is 14.5. The second-order valence-corrected chi connectivity index (χ2v) is 3.94. The van der Waals surface area contributed by atoms with Crippen LogP contribution in [-0.2, 0) is 6.42 Å². The molecule has 0 bridgehead atoms. The number of aryl methyl sites for hydroxylation is 1. The molecule has 16 heavy (non-hydrogen) atoms. The van der Waals surface area contributed by atoms with Crippen LogP contribution >= 0.6 is 11.6 Å². The third-order valence-corrected chi connectivity index (χ3v) is 2.59. The van der Waals surface area contributed by atoms with E-state index in [4.69, 9.17) is 11.6 Å². The van der Waals surface area contributed by atoms with Crippen molar-refractivity contribution in [3.63, 3.8) is 0 Å². The number of benzene rings is 1. The van der Waals surface area contributed by atoms with Gasteiger partial charge in [-0.25, -0.2) is 9.07 Å². The van der Waals surface area contributed by atoms with Crippen molar-refractivity contribution in [3.05, 3.63) is 48.0 Å². The molecule has 0 fully saturated rings. The Balaban J connectivity index is 2.15. The molecule has 0 saturated carbocycles. The standard InChI is InChI=1S/C12H12ClFN2/c13-7-1-2-10-8-15-16(9-10)12-5-3-11(14)4-6-12/h3-6,8-9H,1-2,7H2. The summed E-state index contributed by atoms with van der Waals surface area (Å²) in [5.74, 6) is 0.417. The Labute approximate surface area is 98.7 Å². The van der Waals surface area contributed by atoms with Gasteiger partial charge in [0.05, 0.1) is 11.9 Å². The molecule has 0 aliphatic heterocycles. The number of halogens is 2. The number of rotatable bonds is 4. The smallest absolute Gasteiger partial charge is 0.123 e. The Morgan fingerprint density at radius 2 is 2.00 bits per heavy atom. The van der Waals surface area contributed by atoms with Crippen molar-refractivity contribution in [2.24, 2.45) is 0 Å². The second-order valence-electron chi connectivity index (χ2n) is 3.56. The van der Waals surface area contributed by atoms with Gasteiger partial charge in [-0.3, -0.25) is 0 Å². The average Bonchev–Trinajstić information content (AvgIpc) is 2.76. The van der Waals surface area contributed by atoms with Crippen molar-refractivity contribution in [1.29, 1.82) is 0 Å². The highest BCUT2D eigenvalue weighted by Gasteiger charge is 2.00. The quantitative estimate of drug-likeness (QED) is 0.748. The van der Waals surface area contributed by atoms with E-state index in [-0.39, 0.29) is 5.82 Å². The maximum Gasteiger partial charge on any atom is 0.123 e. The Kier molecular flexibility index (Phi) is 3.57. The van der Waals surface area contributed by atoms with Crippen LogP contribution in [0.4, 0.5) is 4.39 Å². The summed E-state index contributed by atoms with van der Waals surface area (Å²) in [4.78, 5) is 0. The van der Waals surface area contributed by atoms with Gasteiger partial charge in [-0.2, -0.15) is 5.10 Å². The van der Waals surface area contributed by atoms with Gasteiger partial charge >= 0.3 is 0 Å². The Hall–Kier alpha value is -1.35. The van der Waals surface area contributed by atoms with Crippen LogP contribution in [0.1, 0.15) is 12.0 Å². The zero-order chi connectivity index (χ0) is 11.4. The van der Waals surface area contributed by atoms with Crippen LogP contribution in [0.2, 0.25) is 0 Å². The van der Waals surface area contributed by atoms with E-state index in [9.17, 15) is 4.39 Å². The molecule has 0 atom stereocenters. The van der Waals surface area contributed by atoms with Gasteiger partial charge in [-0.15, -0.1) is 11.6 Å². The van der Waals surface area contributed by atoms with Crippen molar-refractivity contribution >= 4 is 11.6 Å². The molecule has 0 amide bonds. The molecule has 0 aliphatic rings. The molecule has 1 heterocycles. The van der Waals surface area contributed by atoms with Gasteiger partial charge in [-0.05, 0) is 42.7 Å². The first-order valence-electron chi connectivity index (χ1n) is 5.15. The van der Waals surface area contributed by atoms with Crippen LogP contribution in [0.3, 0.4) is 0 Å². The summed E-state index contributed by atoms with van der Waals surface area (Å²) in [6.07, 6.45) is 5.62. The SMILES string of the molecule is Fc1ccc(-n2cc(CCCCl)cn2)cc1. The molecule has 0 saturated heterocycles. The lowest BCUT2D eigenvalue weighted by Crippen LogP contribution is -1.93. The van der Waals surface area contributed by atoms with Gasteiger partial charge in [0.25, 0.3) is 0 Å². The van der Waals surface area contributed by atoms with Gasteiger partial charge < -0.3 is 0 Å². The van der Waals surface area contributed by atoms with Crippen molar-refractivity contribution in [2.45, 2.75) is 12.8 Å². The third-order valence-electron chi connectivity index (χ3n) is 2.33. The highest BCUT2D eigenvalue weighted by molar-refractivity contribution is 6.17. The van der Waals surface area contributed by atoms with E-state index in [1.165, 1.54) is 12.1 Å². The molecule has 1 aromatic heterocycles. The minimum absolute atomic E-state index is 0.238. The highest BCUT2D eigenvalue weighted by Crippen LogP contribution is 2.10. The van der Waals surface area contributed by atoms with Crippen molar-refractivity contribution in [2.75, 3.05) is 5.88 Å². The molecule has 0 N–H and O–H groups in total. The lowest BCUT2D eigenvalue weighted by atomic mass is 10.2. The Morgan fingerprint density at radius 1 is 1.25 bits per heavy atom. The van der Waals surface area contributed by atoms with E-state index >= 15 is 0 Å². The monoisotopic (exact) mass is 238 g/mol. The zero-order valence-corrected chi connectivity index (χ0v) is 9.49. The lowest BCUT2D eigenvalue weighted by molar-refractivity contribution is 0.627. The number of alkyl halides is 1. The Morgan fingerprint density at radius 3 is 2.69 bits per heavy atom. The Bertz CT molecular complexity index is 450. The van der Waals surface area contributed by atoms with E-state index in [1.54, 1.807) is 16.8 Å². The van der Waals surface area contributed by atoms with Gasteiger partial charge in [0.2, 0.25) is 0 Å². The number of hydrogen-bond acceptors (Lipinski definition) is 1. The van der Waals surface area contributed by atoms with Gasteiger partial charge in [0, 0.05) is 12.1 Å². The summed E-state index contributed by atoms with van der Waals surface area (Å²) in [7, 11) is 0. The summed E-state index contributed by atoms with van der Waals surface area (Å²) in [5, 5.41) is 4.22. The van der Waals surface area contributed by atoms with Crippen LogP contribution in [0.25, 0.3) is 5.69 Å². The molecule has 0 spiro atoms. The average molecular weight is 239 g/mol. The van der Waals surface area contributed by atoms with Crippen LogP contribution in [-0.4, -0.2) is 15.7 Å². The fraction of sp³-hybridized carbons (Fsp3) is 0.250. The van der Waals surface area contributed by atoms with Gasteiger partial charge in [-0.1, -0.05) is 0 Å². The maximum absolute atomic E-state index is 12.7. The van der Waals surface area contributed by atoms with E-state index < -0.39 is 0 Å². The number of nitrogens with zero attached hydrogens (tertiary/aromatic N) is 2. The van der Waals surface area contributed by atoms with Crippen molar-refractivity contribution < 1.29 is 4.39 Å². The molecule has 0 unspecified atom stereocenters. The minimum atomic E-state index is -0.238. The highest BCUT2D eigenvalue weighted by atomic mass is 35.5. The normalized spacial score (nSPS) is 10.6. The third kappa shape index (κ3) is 2.61. The molecule has 0 radical (unpaired) electrons. The zero-order valence-electron chi connectivity index (χ0n) is 8.74. The van der Waals surface area contributed by atoms with Crippen LogP contribution < -0.4 is 0 Å². The lowest BCUT2D eigenvalue weighted by Gasteiger charge is -1.99. The molecule has 2 nitrogen and oxygen atoms in total. The van der Waals surface area contributed by atoms with Crippen LogP contribution in [0.5, 0.6) is 0 Å². The largest absolute Gasteiger partial charge is 0.241 e. The summed E-state index contributed by atoms with van der Waals surface area (Å²) in [6.45, 7) is 0. The molecule has 2 aromatic rings. The fourth-order valence-electron chi connectivity index (χ4n) is 1.50. The van der Waals surface area contributed by atoms with E-state index in [0.29, 0.717) is 5.88 Å². The van der Waals surface area contributed by atoms with E-state index in [2.05, 4.69) is 5.10 Å².